The molecule has 5 heteroatoms. The van der Waals surface area contributed by atoms with E-state index < -0.39 is 0 Å². The lowest BCUT2D eigenvalue weighted by Crippen LogP contribution is -2.41. The molecule has 1 N–H and O–H groups in total. The minimum Gasteiger partial charge on any atom is -0.356 e. The zero-order valence-corrected chi connectivity index (χ0v) is 16.9. The van der Waals surface area contributed by atoms with Gasteiger partial charge in [0.25, 0.3) is 0 Å². The molecular formula is C16H35IN4. The predicted octanol–water partition coefficient (Wildman–Crippen LogP) is 2.89. The number of aliphatic imine (C=N–C) groups is 1. The van der Waals surface area contributed by atoms with Crippen LogP contribution >= 0.6 is 24.0 Å². The summed E-state index contributed by atoms with van der Waals surface area (Å²) < 4.78 is 0. The van der Waals surface area contributed by atoms with Crippen molar-refractivity contribution in [3.63, 3.8) is 0 Å². The van der Waals surface area contributed by atoms with Gasteiger partial charge >= 0.3 is 0 Å². The van der Waals surface area contributed by atoms with Gasteiger partial charge in [0.15, 0.2) is 5.96 Å². The van der Waals surface area contributed by atoms with E-state index in [1.165, 1.54) is 25.8 Å². The Labute approximate surface area is 148 Å². The molecule has 1 fully saturated rings. The maximum atomic E-state index is 4.45. The van der Waals surface area contributed by atoms with Gasteiger partial charge in [-0.2, -0.15) is 0 Å². The van der Waals surface area contributed by atoms with Crippen molar-refractivity contribution in [1.82, 2.24) is 15.1 Å². The highest BCUT2D eigenvalue weighted by atomic mass is 127. The van der Waals surface area contributed by atoms with Crippen LogP contribution in [0.3, 0.4) is 0 Å². The Bertz CT molecular complexity index is 290. The van der Waals surface area contributed by atoms with Crippen LogP contribution in [0, 0.1) is 11.8 Å². The zero-order chi connectivity index (χ0) is 15.0. The molecule has 21 heavy (non-hydrogen) atoms. The van der Waals surface area contributed by atoms with Crippen molar-refractivity contribution in [1.29, 1.82) is 0 Å². The summed E-state index contributed by atoms with van der Waals surface area (Å²) in [5.41, 5.74) is 0. The molecule has 0 radical (unpaired) electrons. The van der Waals surface area contributed by atoms with Gasteiger partial charge in [-0.15, -0.1) is 24.0 Å². The van der Waals surface area contributed by atoms with Crippen molar-refractivity contribution in [2.45, 2.75) is 39.5 Å². The van der Waals surface area contributed by atoms with E-state index in [1.807, 2.05) is 7.05 Å². The largest absolute Gasteiger partial charge is 0.356 e. The minimum atomic E-state index is 0. The van der Waals surface area contributed by atoms with E-state index in [2.05, 4.69) is 48.1 Å². The molecule has 1 aliphatic rings. The van der Waals surface area contributed by atoms with E-state index in [0.29, 0.717) is 0 Å². The van der Waals surface area contributed by atoms with Gasteiger partial charge in [0, 0.05) is 26.7 Å². The summed E-state index contributed by atoms with van der Waals surface area (Å²) in [4.78, 5) is 9.12. The number of halogens is 1. The lowest BCUT2D eigenvalue weighted by Gasteiger charge is -2.24. The number of guanidine groups is 1. The number of likely N-dealkylation sites (tertiary alicyclic amines) is 1. The third kappa shape index (κ3) is 7.17. The molecule has 1 aliphatic heterocycles. The zero-order valence-electron chi connectivity index (χ0n) is 14.6. The third-order valence-corrected chi connectivity index (χ3v) is 4.52. The Morgan fingerprint density at radius 2 is 2.00 bits per heavy atom. The van der Waals surface area contributed by atoms with Crippen molar-refractivity contribution >= 4 is 29.9 Å². The third-order valence-electron chi connectivity index (χ3n) is 4.52. The maximum absolute atomic E-state index is 4.45. The molecule has 0 spiro atoms. The van der Waals surface area contributed by atoms with E-state index in [9.17, 15) is 0 Å². The number of nitrogens with zero attached hydrogens (tertiary/aromatic N) is 3. The molecule has 1 atom stereocenters. The standard InChI is InChI=1S/C16H34N4.HI/c1-6-14(7-2)15-9-12-20(13-15)16(17-3)18-10-8-11-19(4)5;/h14-15H,6-13H2,1-5H3,(H,17,18);1H. The first-order valence-electron chi connectivity index (χ1n) is 8.22. The molecule has 0 aromatic heterocycles. The van der Waals surface area contributed by atoms with Crippen LogP contribution in [0.5, 0.6) is 0 Å². The molecule has 126 valence electrons. The fourth-order valence-electron chi connectivity index (χ4n) is 3.25. The van der Waals surface area contributed by atoms with Gasteiger partial charge in [0.2, 0.25) is 0 Å². The predicted molar refractivity (Wildman–Crippen MR) is 104 cm³/mol. The van der Waals surface area contributed by atoms with E-state index in [-0.39, 0.29) is 24.0 Å². The molecular weight excluding hydrogens is 375 g/mol. The molecule has 0 aromatic rings. The highest BCUT2D eigenvalue weighted by molar-refractivity contribution is 14.0. The summed E-state index contributed by atoms with van der Waals surface area (Å²) in [6.07, 6.45) is 5.11. The highest BCUT2D eigenvalue weighted by Crippen LogP contribution is 2.28. The summed E-state index contributed by atoms with van der Waals surface area (Å²) in [5, 5.41) is 3.51. The van der Waals surface area contributed by atoms with Crippen molar-refractivity contribution in [2.75, 3.05) is 47.3 Å². The topological polar surface area (TPSA) is 30.9 Å². The summed E-state index contributed by atoms with van der Waals surface area (Å²) in [6.45, 7) is 9.13. The van der Waals surface area contributed by atoms with Crippen LogP contribution < -0.4 is 5.32 Å². The van der Waals surface area contributed by atoms with Gasteiger partial charge in [-0.05, 0) is 45.3 Å². The van der Waals surface area contributed by atoms with Crippen LogP contribution in [0.4, 0.5) is 0 Å². The lowest BCUT2D eigenvalue weighted by atomic mass is 9.87. The molecule has 1 rings (SSSR count). The van der Waals surface area contributed by atoms with Gasteiger partial charge in [-0.25, -0.2) is 0 Å². The molecule has 0 bridgehead atoms. The first-order valence-corrected chi connectivity index (χ1v) is 8.22. The highest BCUT2D eigenvalue weighted by Gasteiger charge is 2.29. The normalized spacial score (nSPS) is 19.3. The second-order valence-corrected chi connectivity index (χ2v) is 6.20. The first kappa shape index (κ1) is 21.0. The van der Waals surface area contributed by atoms with Crippen LogP contribution in [0.1, 0.15) is 39.5 Å². The van der Waals surface area contributed by atoms with Crippen LogP contribution in [-0.4, -0.2) is 63.1 Å². The van der Waals surface area contributed by atoms with E-state index in [0.717, 1.165) is 43.9 Å². The average molecular weight is 410 g/mol. The second kappa shape index (κ2) is 11.5. The van der Waals surface area contributed by atoms with E-state index >= 15 is 0 Å². The van der Waals surface area contributed by atoms with Crippen LogP contribution in [0.15, 0.2) is 4.99 Å². The van der Waals surface area contributed by atoms with Crippen molar-refractivity contribution in [3.8, 4) is 0 Å². The number of nitrogens with one attached hydrogen (secondary N) is 1. The molecule has 1 heterocycles. The Morgan fingerprint density at radius 1 is 1.33 bits per heavy atom. The Hall–Kier alpha value is -0.0400. The van der Waals surface area contributed by atoms with Crippen molar-refractivity contribution in [3.05, 3.63) is 0 Å². The minimum absolute atomic E-state index is 0. The second-order valence-electron chi connectivity index (χ2n) is 6.20. The molecule has 4 nitrogen and oxygen atoms in total. The molecule has 0 aliphatic carbocycles. The van der Waals surface area contributed by atoms with Crippen LogP contribution in [0.25, 0.3) is 0 Å². The van der Waals surface area contributed by atoms with E-state index in [4.69, 9.17) is 0 Å². The Kier molecular flexibility index (Phi) is 11.5. The van der Waals surface area contributed by atoms with Gasteiger partial charge < -0.3 is 15.1 Å². The molecule has 1 unspecified atom stereocenters. The number of hydrogen-bond acceptors (Lipinski definition) is 2. The number of hydrogen-bond donors (Lipinski definition) is 1. The summed E-state index contributed by atoms with van der Waals surface area (Å²) in [6, 6.07) is 0. The SMILES string of the molecule is CCC(CC)C1CCN(C(=NC)NCCCN(C)C)C1.I. The smallest absolute Gasteiger partial charge is 0.193 e. The summed E-state index contributed by atoms with van der Waals surface area (Å²) in [5.74, 6) is 2.83. The molecule has 0 amide bonds. The lowest BCUT2D eigenvalue weighted by molar-refractivity contribution is 0.318. The van der Waals surface area contributed by atoms with Crippen molar-refractivity contribution in [2.24, 2.45) is 16.8 Å². The van der Waals surface area contributed by atoms with Crippen LogP contribution in [0.2, 0.25) is 0 Å². The van der Waals surface area contributed by atoms with E-state index in [1.54, 1.807) is 0 Å². The Morgan fingerprint density at radius 3 is 2.52 bits per heavy atom. The van der Waals surface area contributed by atoms with Crippen LogP contribution in [-0.2, 0) is 0 Å². The molecule has 0 saturated carbocycles. The Balaban J connectivity index is 0.00000400. The number of rotatable bonds is 7. The van der Waals surface area contributed by atoms with Gasteiger partial charge in [0.1, 0.15) is 0 Å². The summed E-state index contributed by atoms with van der Waals surface area (Å²) in [7, 11) is 6.14. The van der Waals surface area contributed by atoms with Crippen molar-refractivity contribution < 1.29 is 0 Å². The van der Waals surface area contributed by atoms with Gasteiger partial charge in [0.05, 0.1) is 0 Å². The quantitative estimate of drug-likeness (QED) is 0.303. The molecule has 1 saturated heterocycles. The van der Waals surface area contributed by atoms with Gasteiger partial charge in [-0.1, -0.05) is 26.7 Å². The fraction of sp³-hybridized carbons (Fsp3) is 0.938. The molecule has 0 aromatic carbocycles. The average Bonchev–Trinajstić information content (AvgIpc) is 2.89. The monoisotopic (exact) mass is 410 g/mol. The first-order chi connectivity index (χ1) is 9.62. The fourth-order valence-corrected chi connectivity index (χ4v) is 3.25. The van der Waals surface area contributed by atoms with Gasteiger partial charge in [-0.3, -0.25) is 4.99 Å². The maximum Gasteiger partial charge on any atom is 0.193 e. The summed E-state index contributed by atoms with van der Waals surface area (Å²) >= 11 is 0.